The number of rotatable bonds is 8. The number of carbonyl (C=O) groups excluding carboxylic acids is 2. The van der Waals surface area contributed by atoms with Crippen LogP contribution in [0.1, 0.15) is 31.4 Å². The molecule has 0 saturated heterocycles. The summed E-state index contributed by atoms with van der Waals surface area (Å²) in [5.41, 5.74) is 4.85. The highest BCUT2D eigenvalue weighted by atomic mass is 19.2. The highest BCUT2D eigenvalue weighted by molar-refractivity contribution is 5.91. The third-order valence-corrected chi connectivity index (χ3v) is 4.54. The molecule has 2 rings (SSSR count). The molecule has 5 N–H and O–H groups in total. The van der Waals surface area contributed by atoms with Crippen LogP contribution in [0.25, 0.3) is 0 Å². The molecule has 0 saturated carbocycles. The van der Waals surface area contributed by atoms with Crippen LogP contribution in [0.15, 0.2) is 36.5 Å². The number of hydrogen-bond acceptors (Lipinski definition) is 5. The molecule has 156 valence electrons. The topological polar surface area (TPSA) is 117 Å². The van der Waals surface area contributed by atoms with E-state index >= 15 is 0 Å². The summed E-state index contributed by atoms with van der Waals surface area (Å²) in [5.74, 6) is -3.01. The van der Waals surface area contributed by atoms with Crippen LogP contribution in [0.3, 0.4) is 0 Å². The smallest absolute Gasteiger partial charge is 0.252 e. The number of benzene rings is 1. The van der Waals surface area contributed by atoms with E-state index in [1.807, 2.05) is 0 Å². The summed E-state index contributed by atoms with van der Waals surface area (Å²) in [6.07, 6.45) is 1.55. The highest BCUT2D eigenvalue weighted by Gasteiger charge is 2.32. The number of nitrogen functional groups attached to an aromatic ring is 1. The van der Waals surface area contributed by atoms with Gasteiger partial charge in [-0.05, 0) is 42.7 Å². The van der Waals surface area contributed by atoms with Gasteiger partial charge in [0.05, 0.1) is 0 Å². The normalized spacial score (nSPS) is 14.0. The van der Waals surface area contributed by atoms with Gasteiger partial charge in [0.1, 0.15) is 17.5 Å². The monoisotopic (exact) mass is 406 g/mol. The lowest BCUT2D eigenvalue weighted by Crippen LogP contribution is -2.54. The number of carbonyl (C=O) groups is 2. The molecule has 29 heavy (non-hydrogen) atoms. The Morgan fingerprint density at radius 1 is 1.21 bits per heavy atom. The Morgan fingerprint density at radius 3 is 2.48 bits per heavy atom. The van der Waals surface area contributed by atoms with E-state index in [-0.39, 0.29) is 19.4 Å². The van der Waals surface area contributed by atoms with E-state index in [1.165, 1.54) is 19.2 Å². The summed E-state index contributed by atoms with van der Waals surface area (Å²) in [6.45, 7) is 3.08. The van der Waals surface area contributed by atoms with Crippen LogP contribution in [0.2, 0.25) is 0 Å². The van der Waals surface area contributed by atoms with Crippen molar-refractivity contribution < 1.29 is 23.5 Å². The number of nitrogens with two attached hydrogens (primary N) is 1. The third kappa shape index (κ3) is 6.21. The number of amides is 2. The fourth-order valence-electron chi connectivity index (χ4n) is 2.44. The van der Waals surface area contributed by atoms with Crippen molar-refractivity contribution in [3.8, 4) is 0 Å². The number of hydrogen-bond donors (Lipinski definition) is 4. The molecule has 9 heteroatoms. The maximum atomic E-state index is 13.5. The molecule has 0 unspecified atom stereocenters. The van der Waals surface area contributed by atoms with Gasteiger partial charge in [0.15, 0.2) is 11.6 Å². The number of aliphatic hydroxyl groups is 1. The van der Waals surface area contributed by atoms with Gasteiger partial charge in [-0.3, -0.25) is 9.59 Å². The van der Waals surface area contributed by atoms with Gasteiger partial charge in [-0.2, -0.15) is 0 Å². The molecule has 2 amide bonds. The number of pyridine rings is 1. The molecule has 7 nitrogen and oxygen atoms in total. The molecule has 0 bridgehead atoms. The van der Waals surface area contributed by atoms with Gasteiger partial charge in [0.25, 0.3) is 5.91 Å². The van der Waals surface area contributed by atoms with E-state index in [9.17, 15) is 23.5 Å². The summed E-state index contributed by atoms with van der Waals surface area (Å²) in [6, 6.07) is 5.40. The molecule has 0 spiro atoms. The Balaban J connectivity index is 2.15. The zero-order chi connectivity index (χ0) is 21.6. The van der Waals surface area contributed by atoms with Crippen molar-refractivity contribution in [3.63, 3.8) is 0 Å². The fourth-order valence-corrected chi connectivity index (χ4v) is 2.44. The summed E-state index contributed by atoms with van der Waals surface area (Å²) >= 11 is 0. The van der Waals surface area contributed by atoms with Crippen molar-refractivity contribution in [2.24, 2.45) is 0 Å². The second-order valence-electron chi connectivity index (χ2n) is 6.92. The van der Waals surface area contributed by atoms with Crippen molar-refractivity contribution >= 4 is 17.6 Å². The standard InChI is InChI=1S/C20H24F2N4O3/c1-3-20(2,29)19(28)26-16(9-12-4-6-14(21)15(22)8-12)18(27)25-11-13-5-7-17(23)24-10-13/h4-8,10,16,29H,3,9,11H2,1-2H3,(H2,23,24)(H,25,27)(H,26,28)/t16-,20-/m0/s1. The Morgan fingerprint density at radius 2 is 1.90 bits per heavy atom. The molecule has 0 aliphatic rings. The largest absolute Gasteiger partial charge is 0.384 e. The molecular formula is C20H24F2N4O3. The molecular weight excluding hydrogens is 382 g/mol. The zero-order valence-electron chi connectivity index (χ0n) is 16.2. The van der Waals surface area contributed by atoms with E-state index in [0.717, 1.165) is 12.1 Å². The number of nitrogens with zero attached hydrogens (tertiary/aromatic N) is 1. The van der Waals surface area contributed by atoms with Gasteiger partial charge in [-0.1, -0.05) is 19.1 Å². The first kappa shape index (κ1) is 22.2. The van der Waals surface area contributed by atoms with Crippen molar-refractivity contribution in [3.05, 3.63) is 59.3 Å². The van der Waals surface area contributed by atoms with Gasteiger partial charge >= 0.3 is 0 Å². The molecule has 1 aromatic heterocycles. The zero-order valence-corrected chi connectivity index (χ0v) is 16.2. The molecule has 0 fully saturated rings. The summed E-state index contributed by atoms with van der Waals surface area (Å²) < 4.78 is 26.7. The van der Waals surface area contributed by atoms with Crippen LogP contribution in [0, 0.1) is 11.6 Å². The molecule has 0 aliphatic heterocycles. The van der Waals surface area contributed by atoms with Crippen LogP contribution in [0.5, 0.6) is 0 Å². The maximum Gasteiger partial charge on any atom is 0.252 e. The second kappa shape index (κ2) is 9.42. The van der Waals surface area contributed by atoms with Gasteiger partial charge in [-0.15, -0.1) is 0 Å². The van der Waals surface area contributed by atoms with E-state index in [2.05, 4.69) is 15.6 Å². The predicted octanol–water partition coefficient (Wildman–Crippen LogP) is 1.45. The van der Waals surface area contributed by atoms with Crippen molar-refractivity contribution in [2.75, 3.05) is 5.73 Å². The molecule has 0 aliphatic carbocycles. The third-order valence-electron chi connectivity index (χ3n) is 4.54. The van der Waals surface area contributed by atoms with Crippen LogP contribution >= 0.6 is 0 Å². The Labute approximate surface area is 167 Å². The fraction of sp³-hybridized carbons (Fsp3) is 0.350. The molecule has 2 atom stereocenters. The van der Waals surface area contributed by atoms with E-state index < -0.39 is 35.1 Å². The van der Waals surface area contributed by atoms with E-state index in [0.29, 0.717) is 16.9 Å². The van der Waals surface area contributed by atoms with Crippen LogP contribution in [-0.4, -0.2) is 33.5 Å². The van der Waals surface area contributed by atoms with Crippen molar-refractivity contribution in [1.82, 2.24) is 15.6 Å². The average molecular weight is 406 g/mol. The quantitative estimate of drug-likeness (QED) is 0.529. The van der Waals surface area contributed by atoms with Gasteiger partial charge in [0, 0.05) is 19.2 Å². The first-order valence-corrected chi connectivity index (χ1v) is 9.07. The lowest BCUT2D eigenvalue weighted by Gasteiger charge is -2.25. The SMILES string of the molecule is CC[C@](C)(O)C(=O)N[C@@H](Cc1ccc(F)c(F)c1)C(=O)NCc1ccc(N)nc1. The number of nitrogens with one attached hydrogen (secondary N) is 2. The minimum absolute atomic E-state index is 0.0887. The molecule has 1 heterocycles. The van der Waals surface area contributed by atoms with Gasteiger partial charge < -0.3 is 21.5 Å². The van der Waals surface area contributed by atoms with Crippen molar-refractivity contribution in [2.45, 2.75) is 44.9 Å². The molecule has 1 aromatic carbocycles. The first-order valence-electron chi connectivity index (χ1n) is 9.07. The van der Waals surface area contributed by atoms with Gasteiger partial charge in [-0.25, -0.2) is 13.8 Å². The maximum absolute atomic E-state index is 13.5. The lowest BCUT2D eigenvalue weighted by molar-refractivity contribution is -0.141. The minimum atomic E-state index is -1.67. The molecule has 0 radical (unpaired) electrons. The Hall–Kier alpha value is -3.07. The summed E-state index contributed by atoms with van der Waals surface area (Å²) in [4.78, 5) is 28.9. The highest BCUT2D eigenvalue weighted by Crippen LogP contribution is 2.13. The predicted molar refractivity (Wildman–Crippen MR) is 103 cm³/mol. The van der Waals surface area contributed by atoms with Crippen molar-refractivity contribution in [1.29, 1.82) is 0 Å². The lowest BCUT2D eigenvalue weighted by atomic mass is 10.00. The first-order chi connectivity index (χ1) is 13.6. The van der Waals surface area contributed by atoms with Crippen LogP contribution in [-0.2, 0) is 22.6 Å². The second-order valence-corrected chi connectivity index (χ2v) is 6.92. The van der Waals surface area contributed by atoms with Crippen LogP contribution < -0.4 is 16.4 Å². The van der Waals surface area contributed by atoms with E-state index in [4.69, 9.17) is 5.73 Å². The number of anilines is 1. The van der Waals surface area contributed by atoms with E-state index in [1.54, 1.807) is 19.1 Å². The summed E-state index contributed by atoms with van der Waals surface area (Å²) in [7, 11) is 0. The average Bonchev–Trinajstić information content (AvgIpc) is 2.69. The van der Waals surface area contributed by atoms with Crippen LogP contribution in [0.4, 0.5) is 14.6 Å². The van der Waals surface area contributed by atoms with Gasteiger partial charge in [0.2, 0.25) is 5.91 Å². The Kier molecular flexibility index (Phi) is 7.22. The minimum Gasteiger partial charge on any atom is -0.384 e. The summed E-state index contributed by atoms with van der Waals surface area (Å²) in [5, 5.41) is 15.3. The number of aromatic nitrogens is 1. The number of halogens is 2. The molecule has 2 aromatic rings. The Bertz CT molecular complexity index is 873.